The fourth-order valence-electron chi connectivity index (χ4n) is 3.72. The molecule has 2 heterocycles. The van der Waals surface area contributed by atoms with Gasteiger partial charge in [-0.25, -0.2) is 4.79 Å². The molecule has 5 heteroatoms. The van der Waals surface area contributed by atoms with Crippen molar-refractivity contribution in [1.82, 2.24) is 0 Å². The second-order valence-electron chi connectivity index (χ2n) is 7.42. The van der Waals surface area contributed by atoms with Crippen molar-refractivity contribution in [2.45, 2.75) is 64.9 Å². The minimum absolute atomic E-state index is 0.0189. The van der Waals surface area contributed by atoms with Crippen LogP contribution >= 0.6 is 0 Å². The lowest BCUT2D eigenvalue weighted by atomic mass is 9.77. The second-order valence-corrected chi connectivity index (χ2v) is 7.42. The number of esters is 1. The number of fused-ring (bicyclic) bond motifs is 2. The average Bonchev–Trinajstić information content (AvgIpc) is 2.92. The van der Waals surface area contributed by atoms with E-state index in [9.17, 15) is 14.4 Å². The molecule has 0 aromatic rings. The summed E-state index contributed by atoms with van der Waals surface area (Å²) in [6.07, 6.45) is 13.8. The Hall–Kier alpha value is -2.69. The molecule has 0 bridgehead atoms. The summed E-state index contributed by atoms with van der Waals surface area (Å²) in [4.78, 5) is 38.2. The van der Waals surface area contributed by atoms with E-state index in [-0.39, 0.29) is 23.6 Å². The predicted octanol–water partition coefficient (Wildman–Crippen LogP) is 4.41. The number of Topliss-reactive ketones (excluding diaryl/α,β-unsaturated/α-hetero) is 2. The molecular weight excluding hydrogens is 356 g/mol. The standard InChI is InChI=1S/C23H26O5/c1-4-6-7-8-9-11-19(24)20-18-13-15-12-16(10-5-2)27-14-17(15)21(25)23(18,3)28-22(20)26/h5,10,12-14H,4,6-9,11H2,1-3H3/t23-/m1/s1. The molecule has 0 radical (unpaired) electrons. The Morgan fingerprint density at radius 1 is 1.14 bits per heavy atom. The van der Waals surface area contributed by atoms with Crippen LogP contribution in [-0.2, 0) is 23.9 Å². The molecule has 0 spiro atoms. The van der Waals surface area contributed by atoms with Gasteiger partial charge in [-0.1, -0.05) is 38.7 Å². The summed E-state index contributed by atoms with van der Waals surface area (Å²) in [6.45, 7) is 5.54. The van der Waals surface area contributed by atoms with Gasteiger partial charge in [0, 0.05) is 12.0 Å². The third kappa shape index (κ3) is 3.53. The number of ketones is 2. The van der Waals surface area contributed by atoms with Crippen molar-refractivity contribution in [3.8, 4) is 0 Å². The van der Waals surface area contributed by atoms with Crippen LogP contribution in [0, 0.1) is 0 Å². The molecule has 1 atom stereocenters. The zero-order valence-corrected chi connectivity index (χ0v) is 16.7. The predicted molar refractivity (Wildman–Crippen MR) is 105 cm³/mol. The Bertz CT molecular complexity index is 865. The number of carbonyl (C=O) groups is 3. The summed E-state index contributed by atoms with van der Waals surface area (Å²) >= 11 is 0. The van der Waals surface area contributed by atoms with Gasteiger partial charge in [-0.05, 0) is 44.1 Å². The van der Waals surface area contributed by atoms with Crippen LogP contribution in [0.15, 0.2) is 58.6 Å². The lowest BCUT2D eigenvalue weighted by Gasteiger charge is -2.30. The van der Waals surface area contributed by atoms with Crippen LogP contribution in [0.2, 0.25) is 0 Å². The van der Waals surface area contributed by atoms with Crippen molar-refractivity contribution >= 4 is 17.5 Å². The van der Waals surface area contributed by atoms with Crippen LogP contribution in [0.25, 0.3) is 0 Å². The van der Waals surface area contributed by atoms with E-state index in [4.69, 9.17) is 9.47 Å². The smallest absolute Gasteiger partial charge is 0.343 e. The van der Waals surface area contributed by atoms with Crippen LogP contribution in [0.3, 0.4) is 0 Å². The molecule has 0 aromatic carbocycles. The number of ether oxygens (including phenoxy) is 2. The fourth-order valence-corrected chi connectivity index (χ4v) is 3.72. The third-order valence-corrected chi connectivity index (χ3v) is 5.30. The molecule has 0 aromatic heterocycles. The van der Waals surface area contributed by atoms with E-state index in [0.29, 0.717) is 22.5 Å². The molecule has 0 fully saturated rings. The van der Waals surface area contributed by atoms with Crippen molar-refractivity contribution in [3.05, 3.63) is 58.6 Å². The van der Waals surface area contributed by atoms with Gasteiger partial charge < -0.3 is 9.47 Å². The van der Waals surface area contributed by atoms with E-state index in [1.807, 2.05) is 13.0 Å². The number of allylic oxidation sites excluding steroid dienone is 4. The van der Waals surface area contributed by atoms with E-state index in [1.165, 1.54) is 6.26 Å². The first-order valence-electron chi connectivity index (χ1n) is 9.91. The molecule has 148 valence electrons. The molecule has 3 aliphatic rings. The molecule has 0 N–H and O–H groups in total. The van der Waals surface area contributed by atoms with Gasteiger partial charge in [0.1, 0.15) is 17.6 Å². The Morgan fingerprint density at radius 2 is 1.89 bits per heavy atom. The first-order valence-corrected chi connectivity index (χ1v) is 9.91. The highest BCUT2D eigenvalue weighted by Crippen LogP contribution is 2.44. The largest absolute Gasteiger partial charge is 0.464 e. The van der Waals surface area contributed by atoms with E-state index in [2.05, 4.69) is 6.92 Å². The minimum atomic E-state index is -1.46. The topological polar surface area (TPSA) is 69.7 Å². The maximum atomic E-state index is 13.0. The van der Waals surface area contributed by atoms with Gasteiger partial charge in [0.25, 0.3) is 0 Å². The first-order chi connectivity index (χ1) is 13.4. The van der Waals surface area contributed by atoms with Crippen molar-refractivity contribution in [1.29, 1.82) is 0 Å². The number of rotatable bonds is 8. The van der Waals surface area contributed by atoms with Gasteiger partial charge in [-0.15, -0.1) is 0 Å². The summed E-state index contributed by atoms with van der Waals surface area (Å²) in [5, 5.41) is 0. The van der Waals surface area contributed by atoms with Gasteiger partial charge >= 0.3 is 5.97 Å². The van der Waals surface area contributed by atoms with Gasteiger partial charge in [-0.3, -0.25) is 9.59 Å². The highest BCUT2D eigenvalue weighted by Gasteiger charge is 2.54. The van der Waals surface area contributed by atoms with E-state index in [0.717, 1.165) is 32.1 Å². The zero-order valence-electron chi connectivity index (χ0n) is 16.7. The molecule has 28 heavy (non-hydrogen) atoms. The van der Waals surface area contributed by atoms with Crippen LogP contribution < -0.4 is 0 Å². The molecule has 0 amide bonds. The molecule has 0 saturated carbocycles. The van der Waals surface area contributed by atoms with Crippen molar-refractivity contribution < 1.29 is 23.9 Å². The van der Waals surface area contributed by atoms with Crippen molar-refractivity contribution in [3.63, 3.8) is 0 Å². The average molecular weight is 382 g/mol. The summed E-state index contributed by atoms with van der Waals surface area (Å²) in [6, 6.07) is 0. The van der Waals surface area contributed by atoms with Gasteiger partial charge in [0.15, 0.2) is 11.4 Å². The third-order valence-electron chi connectivity index (χ3n) is 5.30. The molecule has 5 nitrogen and oxygen atoms in total. The highest BCUT2D eigenvalue weighted by molar-refractivity contribution is 6.24. The van der Waals surface area contributed by atoms with E-state index >= 15 is 0 Å². The minimum Gasteiger partial charge on any atom is -0.464 e. The molecule has 0 unspecified atom stereocenters. The lowest BCUT2D eigenvalue weighted by molar-refractivity contribution is -0.153. The number of unbranched alkanes of at least 4 members (excludes halogenated alkanes) is 4. The summed E-state index contributed by atoms with van der Waals surface area (Å²) in [7, 11) is 0. The normalized spacial score (nSPS) is 23.6. The SMILES string of the molecule is CC=CC1=CC2=CC3=C(C(=O)CCCCCCC)C(=O)O[C@@]3(C)C(=O)C2=CO1. The Labute approximate surface area is 165 Å². The molecule has 1 aliphatic carbocycles. The number of hydrogen-bond donors (Lipinski definition) is 0. The summed E-state index contributed by atoms with van der Waals surface area (Å²) in [5.41, 5.74) is -0.102. The summed E-state index contributed by atoms with van der Waals surface area (Å²) in [5.74, 6) is -0.737. The van der Waals surface area contributed by atoms with Gasteiger partial charge in [0.2, 0.25) is 5.78 Å². The molecule has 0 saturated heterocycles. The van der Waals surface area contributed by atoms with E-state index in [1.54, 1.807) is 25.2 Å². The van der Waals surface area contributed by atoms with Crippen molar-refractivity contribution in [2.75, 3.05) is 0 Å². The van der Waals surface area contributed by atoms with Crippen molar-refractivity contribution in [2.24, 2.45) is 0 Å². The van der Waals surface area contributed by atoms with Crippen LogP contribution in [-0.4, -0.2) is 23.1 Å². The maximum Gasteiger partial charge on any atom is 0.343 e. The zero-order chi connectivity index (χ0) is 20.3. The highest BCUT2D eigenvalue weighted by atomic mass is 16.6. The quantitative estimate of drug-likeness (QED) is 0.353. The molecular formula is C23H26O5. The Morgan fingerprint density at radius 3 is 2.61 bits per heavy atom. The van der Waals surface area contributed by atoms with Gasteiger partial charge in [0.05, 0.1) is 5.57 Å². The second kappa shape index (κ2) is 8.13. The fraction of sp³-hybridized carbons (Fsp3) is 0.435. The Balaban J connectivity index is 1.92. The van der Waals surface area contributed by atoms with Crippen LogP contribution in [0.5, 0.6) is 0 Å². The summed E-state index contributed by atoms with van der Waals surface area (Å²) < 4.78 is 10.9. The molecule has 2 aliphatic heterocycles. The molecule has 3 rings (SSSR count). The monoisotopic (exact) mass is 382 g/mol. The van der Waals surface area contributed by atoms with Crippen LogP contribution in [0.4, 0.5) is 0 Å². The number of carbonyl (C=O) groups excluding carboxylic acids is 3. The first kappa shape index (κ1) is 20.1. The van der Waals surface area contributed by atoms with E-state index < -0.39 is 11.6 Å². The Kier molecular flexibility index (Phi) is 5.82. The maximum absolute atomic E-state index is 13.0. The lowest BCUT2D eigenvalue weighted by Crippen LogP contribution is -2.41. The van der Waals surface area contributed by atoms with Crippen LogP contribution in [0.1, 0.15) is 59.3 Å². The number of hydrogen-bond acceptors (Lipinski definition) is 5. The van der Waals surface area contributed by atoms with Gasteiger partial charge in [-0.2, -0.15) is 0 Å².